The lowest BCUT2D eigenvalue weighted by Crippen LogP contribution is -2.38. The van der Waals surface area contributed by atoms with Crippen LogP contribution in [0.15, 0.2) is 29.2 Å². The van der Waals surface area contributed by atoms with E-state index in [0.29, 0.717) is 0 Å². The molecule has 1 aromatic carbocycles. The lowest BCUT2D eigenvalue weighted by atomic mass is 10.1. The third kappa shape index (κ3) is 2.67. The average Bonchev–Trinajstić information content (AvgIpc) is 2.81. The number of hydrogen-bond acceptors (Lipinski definition) is 4. The first-order valence-electron chi connectivity index (χ1n) is 5.68. The van der Waals surface area contributed by atoms with Crippen LogP contribution >= 0.6 is 11.8 Å². The molecule has 1 heterocycles. The number of hydrogen-bond donors (Lipinski definition) is 0. The zero-order valence-electron chi connectivity index (χ0n) is 10.4. The van der Waals surface area contributed by atoms with Crippen molar-refractivity contribution in [3.05, 3.63) is 29.8 Å². The third-order valence-corrected chi connectivity index (χ3v) is 4.20. The van der Waals surface area contributed by atoms with Gasteiger partial charge in [0.15, 0.2) is 0 Å². The maximum Gasteiger partial charge on any atom is 0.325 e. The molecule has 0 aromatic heterocycles. The molecule has 4 nitrogen and oxygen atoms in total. The van der Waals surface area contributed by atoms with Gasteiger partial charge in [-0.15, -0.1) is 11.8 Å². The number of rotatable bonds is 3. The number of nitrogens with zero attached hydrogens (tertiary/aromatic N) is 1. The summed E-state index contributed by atoms with van der Waals surface area (Å²) in [4.78, 5) is 25.9. The van der Waals surface area contributed by atoms with Crippen LogP contribution in [0.3, 0.4) is 0 Å². The Bertz CT molecular complexity index is 450. The van der Waals surface area contributed by atoms with Gasteiger partial charge in [0.1, 0.15) is 6.54 Å². The second-order valence-corrected chi connectivity index (χ2v) is 5.43. The van der Waals surface area contributed by atoms with E-state index in [2.05, 4.69) is 4.74 Å². The van der Waals surface area contributed by atoms with E-state index in [1.54, 1.807) is 18.8 Å². The lowest BCUT2D eigenvalue weighted by Gasteiger charge is -2.19. The molecule has 96 valence electrons. The van der Waals surface area contributed by atoms with Gasteiger partial charge in [-0.3, -0.25) is 9.59 Å². The van der Waals surface area contributed by atoms with Gasteiger partial charge < -0.3 is 9.64 Å². The van der Waals surface area contributed by atoms with Crippen LogP contribution in [-0.2, 0) is 20.7 Å². The Morgan fingerprint density at radius 3 is 2.83 bits per heavy atom. The highest BCUT2D eigenvalue weighted by atomic mass is 32.2. The first kappa shape index (κ1) is 13.0. The Morgan fingerprint density at radius 2 is 2.17 bits per heavy atom. The summed E-state index contributed by atoms with van der Waals surface area (Å²) in [7, 11) is 2.95. The molecule has 0 saturated carbocycles. The SMILES string of the molecule is COC(=O)CN(C)C(=O)C1Cc2ccccc2S1. The second kappa shape index (κ2) is 5.44. The van der Waals surface area contributed by atoms with Crippen LogP contribution in [0.25, 0.3) is 0 Å². The van der Waals surface area contributed by atoms with E-state index in [-0.39, 0.29) is 17.7 Å². The number of carbonyl (C=O) groups is 2. The van der Waals surface area contributed by atoms with Gasteiger partial charge in [-0.05, 0) is 18.1 Å². The maximum atomic E-state index is 12.2. The largest absolute Gasteiger partial charge is 0.468 e. The fourth-order valence-corrected chi connectivity index (χ4v) is 3.21. The molecule has 5 heteroatoms. The van der Waals surface area contributed by atoms with Crippen LogP contribution in [0.4, 0.5) is 0 Å². The van der Waals surface area contributed by atoms with E-state index < -0.39 is 5.97 Å². The van der Waals surface area contributed by atoms with Crippen LogP contribution in [0.2, 0.25) is 0 Å². The van der Waals surface area contributed by atoms with Crippen molar-refractivity contribution in [1.82, 2.24) is 4.90 Å². The average molecular weight is 265 g/mol. The number of fused-ring (bicyclic) bond motifs is 1. The Hall–Kier alpha value is -1.49. The van der Waals surface area contributed by atoms with Crippen molar-refractivity contribution in [1.29, 1.82) is 0 Å². The fraction of sp³-hybridized carbons (Fsp3) is 0.385. The molecule has 1 aliphatic heterocycles. The summed E-state index contributed by atoms with van der Waals surface area (Å²) < 4.78 is 4.56. The first-order valence-corrected chi connectivity index (χ1v) is 6.56. The molecule has 0 N–H and O–H groups in total. The summed E-state index contributed by atoms with van der Waals surface area (Å²) >= 11 is 1.56. The Balaban J connectivity index is 1.98. The van der Waals surface area contributed by atoms with E-state index in [1.165, 1.54) is 17.6 Å². The highest BCUT2D eigenvalue weighted by Gasteiger charge is 2.30. The topological polar surface area (TPSA) is 46.6 Å². The van der Waals surface area contributed by atoms with Crippen molar-refractivity contribution in [3.8, 4) is 0 Å². The van der Waals surface area contributed by atoms with E-state index in [0.717, 1.165) is 11.3 Å². The van der Waals surface area contributed by atoms with Crippen LogP contribution < -0.4 is 0 Å². The summed E-state index contributed by atoms with van der Waals surface area (Å²) in [6.45, 7) is 0.00272. The molecular weight excluding hydrogens is 250 g/mol. The van der Waals surface area contributed by atoms with Crippen molar-refractivity contribution < 1.29 is 14.3 Å². The molecule has 0 fully saturated rings. The van der Waals surface area contributed by atoms with Gasteiger partial charge in [-0.2, -0.15) is 0 Å². The van der Waals surface area contributed by atoms with Gasteiger partial charge in [0.2, 0.25) is 5.91 Å². The molecule has 0 aliphatic carbocycles. The highest BCUT2D eigenvalue weighted by molar-refractivity contribution is 8.01. The summed E-state index contributed by atoms with van der Waals surface area (Å²) in [5.41, 5.74) is 1.20. The molecular formula is C13H15NO3S. The van der Waals surface area contributed by atoms with Crippen molar-refractivity contribution in [2.45, 2.75) is 16.6 Å². The molecule has 2 rings (SSSR count). The predicted octanol–water partition coefficient (Wildman–Crippen LogP) is 1.33. The normalized spacial score (nSPS) is 17.1. The molecule has 0 saturated heterocycles. The zero-order chi connectivity index (χ0) is 13.1. The summed E-state index contributed by atoms with van der Waals surface area (Å²) in [6, 6.07) is 8.00. The summed E-state index contributed by atoms with van der Waals surface area (Å²) in [5, 5.41) is -0.128. The number of benzene rings is 1. The molecule has 0 spiro atoms. The number of esters is 1. The van der Waals surface area contributed by atoms with Crippen LogP contribution in [-0.4, -0.2) is 42.7 Å². The van der Waals surface area contributed by atoms with Crippen molar-refractivity contribution in [2.75, 3.05) is 20.7 Å². The number of thioether (sulfide) groups is 1. The fourth-order valence-electron chi connectivity index (χ4n) is 1.90. The maximum absolute atomic E-state index is 12.2. The molecule has 18 heavy (non-hydrogen) atoms. The standard InChI is InChI=1S/C13H15NO3S/c1-14(8-12(15)17-2)13(16)11-7-9-5-3-4-6-10(9)18-11/h3-6,11H,7-8H2,1-2H3. The minimum atomic E-state index is -0.397. The molecule has 1 aliphatic rings. The molecule has 1 amide bonds. The van der Waals surface area contributed by atoms with Crippen LogP contribution in [0.1, 0.15) is 5.56 Å². The van der Waals surface area contributed by atoms with Crippen molar-refractivity contribution in [2.24, 2.45) is 0 Å². The Labute approximate surface area is 110 Å². The monoisotopic (exact) mass is 265 g/mol. The molecule has 1 atom stereocenters. The van der Waals surface area contributed by atoms with Gasteiger partial charge in [-0.25, -0.2) is 0 Å². The number of methoxy groups -OCH3 is 1. The number of ether oxygens (including phenoxy) is 1. The van der Waals surface area contributed by atoms with Gasteiger partial charge in [0, 0.05) is 11.9 Å². The zero-order valence-corrected chi connectivity index (χ0v) is 11.2. The summed E-state index contributed by atoms with van der Waals surface area (Å²) in [5.74, 6) is -0.423. The second-order valence-electron chi connectivity index (χ2n) is 4.19. The first-order chi connectivity index (χ1) is 8.61. The number of likely N-dealkylation sites (N-methyl/N-ethyl adjacent to an activating group) is 1. The Kier molecular flexibility index (Phi) is 3.91. The van der Waals surface area contributed by atoms with Gasteiger partial charge in [0.25, 0.3) is 0 Å². The molecule has 0 bridgehead atoms. The van der Waals surface area contributed by atoms with Crippen LogP contribution in [0.5, 0.6) is 0 Å². The minimum Gasteiger partial charge on any atom is -0.468 e. The highest BCUT2D eigenvalue weighted by Crippen LogP contribution is 2.37. The molecule has 1 aromatic rings. The molecule has 0 radical (unpaired) electrons. The van der Waals surface area contributed by atoms with Crippen molar-refractivity contribution in [3.63, 3.8) is 0 Å². The van der Waals surface area contributed by atoms with Crippen molar-refractivity contribution >= 4 is 23.6 Å². The lowest BCUT2D eigenvalue weighted by molar-refractivity contribution is -0.145. The smallest absolute Gasteiger partial charge is 0.325 e. The van der Waals surface area contributed by atoms with Gasteiger partial charge in [-0.1, -0.05) is 18.2 Å². The van der Waals surface area contributed by atoms with E-state index >= 15 is 0 Å². The van der Waals surface area contributed by atoms with E-state index in [9.17, 15) is 9.59 Å². The van der Waals surface area contributed by atoms with E-state index in [4.69, 9.17) is 0 Å². The quantitative estimate of drug-likeness (QED) is 0.774. The number of carbonyl (C=O) groups excluding carboxylic acids is 2. The van der Waals surface area contributed by atoms with E-state index in [1.807, 2.05) is 24.3 Å². The van der Waals surface area contributed by atoms with Gasteiger partial charge >= 0.3 is 5.97 Å². The Morgan fingerprint density at radius 1 is 1.44 bits per heavy atom. The predicted molar refractivity (Wildman–Crippen MR) is 69.4 cm³/mol. The third-order valence-electron chi connectivity index (χ3n) is 2.89. The molecule has 1 unspecified atom stereocenters. The van der Waals surface area contributed by atoms with Gasteiger partial charge in [0.05, 0.1) is 12.4 Å². The van der Waals surface area contributed by atoms with Crippen LogP contribution in [0, 0.1) is 0 Å². The minimum absolute atomic E-state index is 0.00272. The summed E-state index contributed by atoms with van der Waals surface area (Å²) in [6.07, 6.45) is 0.727. The number of amides is 1.